The van der Waals surface area contributed by atoms with Gasteiger partial charge in [-0.2, -0.15) is 0 Å². The van der Waals surface area contributed by atoms with E-state index in [1.54, 1.807) is 6.07 Å². The van der Waals surface area contributed by atoms with E-state index in [2.05, 4.69) is 5.16 Å². The van der Waals surface area contributed by atoms with Crippen LogP contribution in [0.1, 0.15) is 12.8 Å². The number of hydrogen-bond donors (Lipinski definition) is 1. The Balaban J connectivity index is 1.84. The van der Waals surface area contributed by atoms with E-state index in [0.29, 0.717) is 18.2 Å². The topological polar surface area (TPSA) is 70.5 Å². The highest BCUT2D eigenvalue weighted by Gasteiger charge is 2.18. The van der Waals surface area contributed by atoms with Gasteiger partial charge in [0.05, 0.1) is 6.61 Å². The average molecular weight is 260 g/mol. The average Bonchev–Trinajstić information content (AvgIpc) is 2.87. The minimum absolute atomic E-state index is 0.0964. The van der Waals surface area contributed by atoms with Crippen molar-refractivity contribution in [1.29, 1.82) is 0 Å². The summed E-state index contributed by atoms with van der Waals surface area (Å²) in [5.41, 5.74) is 7.13. The van der Waals surface area contributed by atoms with Crippen LogP contribution in [0.3, 0.4) is 0 Å². The predicted molar refractivity (Wildman–Crippen MR) is 70.8 cm³/mol. The molecule has 1 aromatic carbocycles. The second-order valence-electron chi connectivity index (χ2n) is 4.57. The molecule has 0 spiro atoms. The van der Waals surface area contributed by atoms with Crippen LogP contribution in [0.4, 0.5) is 5.88 Å². The number of para-hydroxylation sites is 1. The summed E-state index contributed by atoms with van der Waals surface area (Å²) in [6.45, 7) is 1.45. The summed E-state index contributed by atoms with van der Waals surface area (Å²) in [6.07, 6.45) is 2.14. The fourth-order valence-electron chi connectivity index (χ4n) is 2.18. The van der Waals surface area contributed by atoms with Crippen LogP contribution in [-0.2, 0) is 4.74 Å². The van der Waals surface area contributed by atoms with Crippen molar-refractivity contribution in [2.45, 2.75) is 18.9 Å². The summed E-state index contributed by atoms with van der Waals surface area (Å²) < 4.78 is 16.3. The van der Waals surface area contributed by atoms with E-state index >= 15 is 0 Å². The van der Waals surface area contributed by atoms with E-state index in [1.165, 1.54) is 0 Å². The molecule has 0 bridgehead atoms. The van der Waals surface area contributed by atoms with Crippen molar-refractivity contribution >= 4 is 5.88 Å². The number of benzene rings is 1. The second kappa shape index (κ2) is 5.32. The number of aromatic nitrogens is 1. The van der Waals surface area contributed by atoms with Crippen LogP contribution in [0.15, 0.2) is 34.9 Å². The summed E-state index contributed by atoms with van der Waals surface area (Å²) in [7, 11) is 0. The molecular formula is C14H16N2O3. The highest BCUT2D eigenvalue weighted by Crippen LogP contribution is 2.31. The first-order valence-corrected chi connectivity index (χ1v) is 6.39. The predicted octanol–water partition coefficient (Wildman–Crippen LogP) is 2.48. The highest BCUT2D eigenvalue weighted by atomic mass is 16.5. The summed E-state index contributed by atoms with van der Waals surface area (Å²) >= 11 is 0. The number of nitrogens with zero attached hydrogens (tertiary/aromatic N) is 1. The molecule has 1 saturated heterocycles. The summed E-state index contributed by atoms with van der Waals surface area (Å²) in [4.78, 5) is 0. The number of hydrogen-bond acceptors (Lipinski definition) is 5. The fourth-order valence-corrected chi connectivity index (χ4v) is 2.18. The number of anilines is 1. The molecule has 0 saturated carbocycles. The molecule has 1 atom stereocenters. The smallest absolute Gasteiger partial charge is 0.222 e. The molecule has 0 aliphatic carbocycles. The molecule has 5 nitrogen and oxygen atoms in total. The van der Waals surface area contributed by atoms with E-state index in [9.17, 15) is 0 Å². The molecule has 2 N–H and O–H groups in total. The Morgan fingerprint density at radius 1 is 1.32 bits per heavy atom. The van der Waals surface area contributed by atoms with Gasteiger partial charge in [-0.1, -0.05) is 17.3 Å². The lowest BCUT2D eigenvalue weighted by molar-refractivity contribution is 0.00766. The Morgan fingerprint density at radius 2 is 2.21 bits per heavy atom. The first-order valence-electron chi connectivity index (χ1n) is 6.39. The molecule has 1 fully saturated rings. The van der Waals surface area contributed by atoms with Crippen molar-refractivity contribution in [2.24, 2.45) is 0 Å². The highest BCUT2D eigenvalue weighted by molar-refractivity contribution is 5.68. The minimum atomic E-state index is 0.0964. The van der Waals surface area contributed by atoms with Crippen molar-refractivity contribution in [3.63, 3.8) is 0 Å². The van der Waals surface area contributed by atoms with Crippen molar-refractivity contribution in [1.82, 2.24) is 5.16 Å². The van der Waals surface area contributed by atoms with Gasteiger partial charge in [0.1, 0.15) is 17.5 Å². The lowest BCUT2D eigenvalue weighted by Gasteiger charge is -2.24. The minimum Gasteiger partial charge on any atom is -0.487 e. The third-order valence-electron chi connectivity index (χ3n) is 3.10. The summed E-state index contributed by atoms with van der Waals surface area (Å²) in [5, 5.41) is 3.93. The Bertz CT molecular complexity index is 547. The van der Waals surface area contributed by atoms with Crippen molar-refractivity contribution in [3.05, 3.63) is 30.3 Å². The SMILES string of the molecule is Nc1cc(-c2ccccc2OC2CCCOC2)no1. The normalized spacial score (nSPS) is 19.3. The van der Waals surface area contributed by atoms with E-state index in [0.717, 1.165) is 30.8 Å². The van der Waals surface area contributed by atoms with Gasteiger partial charge in [0.2, 0.25) is 5.88 Å². The first kappa shape index (κ1) is 12.0. The quantitative estimate of drug-likeness (QED) is 0.918. The number of nitrogen functional groups attached to an aromatic ring is 1. The van der Waals surface area contributed by atoms with E-state index in [1.807, 2.05) is 24.3 Å². The standard InChI is InChI=1S/C14H16N2O3/c15-14-8-12(16-19-14)11-5-1-2-6-13(11)18-10-4-3-7-17-9-10/h1-2,5-6,8,10H,3-4,7,9,15H2. The molecule has 19 heavy (non-hydrogen) atoms. The van der Waals surface area contributed by atoms with Crippen LogP contribution < -0.4 is 10.5 Å². The largest absolute Gasteiger partial charge is 0.487 e. The number of nitrogens with two attached hydrogens (primary N) is 1. The molecule has 100 valence electrons. The maximum Gasteiger partial charge on any atom is 0.222 e. The molecule has 3 rings (SSSR count). The van der Waals surface area contributed by atoms with E-state index < -0.39 is 0 Å². The Kier molecular flexibility index (Phi) is 3.37. The molecule has 0 radical (unpaired) electrons. The Labute approximate surface area is 111 Å². The summed E-state index contributed by atoms with van der Waals surface area (Å²) in [5.74, 6) is 1.08. The molecule has 5 heteroatoms. The van der Waals surface area contributed by atoms with Crippen LogP contribution >= 0.6 is 0 Å². The molecule has 1 aliphatic heterocycles. The van der Waals surface area contributed by atoms with Crippen LogP contribution in [-0.4, -0.2) is 24.5 Å². The zero-order chi connectivity index (χ0) is 13.1. The molecule has 2 heterocycles. The van der Waals surface area contributed by atoms with Gasteiger partial charge in [-0.05, 0) is 25.0 Å². The van der Waals surface area contributed by atoms with Gasteiger partial charge >= 0.3 is 0 Å². The number of rotatable bonds is 3. The molecule has 1 aromatic heterocycles. The maximum atomic E-state index is 6.00. The van der Waals surface area contributed by atoms with Gasteiger partial charge < -0.3 is 19.7 Å². The molecule has 0 amide bonds. The van der Waals surface area contributed by atoms with Gasteiger partial charge in [0.15, 0.2) is 0 Å². The Hall–Kier alpha value is -2.01. The van der Waals surface area contributed by atoms with E-state index in [4.69, 9.17) is 19.7 Å². The number of ether oxygens (including phenoxy) is 2. The fraction of sp³-hybridized carbons (Fsp3) is 0.357. The molecule has 1 unspecified atom stereocenters. The van der Waals surface area contributed by atoms with Crippen LogP contribution in [0, 0.1) is 0 Å². The summed E-state index contributed by atoms with van der Waals surface area (Å²) in [6, 6.07) is 9.43. The van der Waals surface area contributed by atoms with Crippen LogP contribution in [0.5, 0.6) is 5.75 Å². The van der Waals surface area contributed by atoms with Gasteiger partial charge in [-0.15, -0.1) is 0 Å². The maximum absolute atomic E-state index is 6.00. The second-order valence-corrected chi connectivity index (χ2v) is 4.57. The molecule has 1 aliphatic rings. The molecule has 2 aromatic rings. The van der Waals surface area contributed by atoms with E-state index in [-0.39, 0.29) is 6.10 Å². The lowest BCUT2D eigenvalue weighted by atomic mass is 10.1. The monoisotopic (exact) mass is 260 g/mol. The Morgan fingerprint density at radius 3 is 2.95 bits per heavy atom. The van der Waals surface area contributed by atoms with Crippen molar-refractivity contribution in [3.8, 4) is 17.0 Å². The van der Waals surface area contributed by atoms with Crippen LogP contribution in [0.2, 0.25) is 0 Å². The third-order valence-corrected chi connectivity index (χ3v) is 3.10. The first-order chi connectivity index (χ1) is 9.33. The molecular weight excluding hydrogens is 244 g/mol. The zero-order valence-electron chi connectivity index (χ0n) is 10.5. The van der Waals surface area contributed by atoms with Gasteiger partial charge in [-0.25, -0.2) is 0 Å². The van der Waals surface area contributed by atoms with Gasteiger partial charge in [-0.3, -0.25) is 0 Å². The van der Waals surface area contributed by atoms with Crippen molar-refractivity contribution < 1.29 is 14.0 Å². The lowest BCUT2D eigenvalue weighted by Crippen LogP contribution is -2.28. The van der Waals surface area contributed by atoms with Gasteiger partial charge in [0.25, 0.3) is 0 Å². The zero-order valence-corrected chi connectivity index (χ0v) is 10.5. The van der Waals surface area contributed by atoms with Crippen LogP contribution in [0.25, 0.3) is 11.3 Å². The van der Waals surface area contributed by atoms with Gasteiger partial charge in [0, 0.05) is 18.2 Å². The third kappa shape index (κ3) is 2.71. The van der Waals surface area contributed by atoms with Crippen molar-refractivity contribution in [2.75, 3.05) is 18.9 Å².